The second kappa shape index (κ2) is 4.73. The third-order valence-corrected chi connectivity index (χ3v) is 1.91. The van der Waals surface area contributed by atoms with Gasteiger partial charge in [0.1, 0.15) is 6.07 Å². The Labute approximate surface area is 85.0 Å². The van der Waals surface area contributed by atoms with E-state index in [-0.39, 0.29) is 6.61 Å². The highest BCUT2D eigenvalue weighted by Crippen LogP contribution is 2.29. The molecule has 4 heteroatoms. The summed E-state index contributed by atoms with van der Waals surface area (Å²) in [6, 6.07) is 7.26. The lowest BCUT2D eigenvalue weighted by molar-refractivity contribution is 0.329. The number of hydrogen-bond acceptors (Lipinski definition) is 3. The fourth-order valence-corrected chi connectivity index (χ4v) is 1.21. The molecule has 0 unspecified atom stereocenters. The van der Waals surface area contributed by atoms with Crippen LogP contribution in [0.4, 0.5) is 0 Å². The fourth-order valence-electron chi connectivity index (χ4n) is 0.871. The SMILES string of the molecule is COc1cc(Br)ccc1OCC#N. The molecule has 0 aliphatic rings. The molecule has 1 aromatic rings. The van der Waals surface area contributed by atoms with Crippen LogP contribution in [0.25, 0.3) is 0 Å². The molecule has 1 aromatic carbocycles. The highest BCUT2D eigenvalue weighted by atomic mass is 79.9. The number of rotatable bonds is 3. The Hall–Kier alpha value is -1.21. The van der Waals surface area contributed by atoms with Crippen LogP contribution in [0.3, 0.4) is 0 Å². The third kappa shape index (κ3) is 2.63. The van der Waals surface area contributed by atoms with Crippen LogP contribution in [0.5, 0.6) is 11.5 Å². The van der Waals surface area contributed by atoms with Crippen LogP contribution in [-0.4, -0.2) is 13.7 Å². The Morgan fingerprint density at radius 3 is 2.85 bits per heavy atom. The van der Waals surface area contributed by atoms with E-state index in [0.29, 0.717) is 11.5 Å². The molecule has 0 aromatic heterocycles. The average molecular weight is 242 g/mol. The van der Waals surface area contributed by atoms with Crippen molar-refractivity contribution < 1.29 is 9.47 Å². The first-order valence-corrected chi connectivity index (χ1v) is 4.40. The zero-order valence-electron chi connectivity index (χ0n) is 7.08. The van der Waals surface area contributed by atoms with E-state index in [1.54, 1.807) is 19.2 Å². The maximum Gasteiger partial charge on any atom is 0.174 e. The minimum absolute atomic E-state index is 0.0258. The first-order chi connectivity index (χ1) is 6.27. The molecule has 1 rings (SSSR count). The topological polar surface area (TPSA) is 42.2 Å². The lowest BCUT2D eigenvalue weighted by Crippen LogP contribution is -1.96. The van der Waals surface area contributed by atoms with E-state index in [0.717, 1.165) is 4.47 Å². The summed E-state index contributed by atoms with van der Waals surface area (Å²) < 4.78 is 11.1. The van der Waals surface area contributed by atoms with Gasteiger partial charge in [-0.2, -0.15) is 5.26 Å². The number of hydrogen-bond donors (Lipinski definition) is 0. The molecular weight excluding hydrogens is 234 g/mol. The van der Waals surface area contributed by atoms with Crippen LogP contribution in [0.1, 0.15) is 0 Å². The highest BCUT2D eigenvalue weighted by molar-refractivity contribution is 9.10. The molecular formula is C9H8BrNO2. The molecule has 0 heterocycles. The van der Waals surface area contributed by atoms with E-state index in [2.05, 4.69) is 15.9 Å². The summed E-state index contributed by atoms with van der Waals surface area (Å²) in [6.45, 7) is 0.0258. The minimum Gasteiger partial charge on any atom is -0.493 e. The summed E-state index contributed by atoms with van der Waals surface area (Å²) in [4.78, 5) is 0. The summed E-state index contributed by atoms with van der Waals surface area (Å²) in [6.07, 6.45) is 0. The van der Waals surface area contributed by atoms with Crippen molar-refractivity contribution >= 4 is 15.9 Å². The molecule has 68 valence electrons. The molecule has 0 amide bonds. The zero-order valence-corrected chi connectivity index (χ0v) is 8.67. The van der Waals surface area contributed by atoms with Crippen molar-refractivity contribution in [2.75, 3.05) is 13.7 Å². The Morgan fingerprint density at radius 2 is 2.23 bits per heavy atom. The van der Waals surface area contributed by atoms with E-state index in [1.807, 2.05) is 12.1 Å². The van der Waals surface area contributed by atoms with E-state index >= 15 is 0 Å². The number of benzene rings is 1. The van der Waals surface area contributed by atoms with Crippen molar-refractivity contribution in [3.63, 3.8) is 0 Å². The highest BCUT2D eigenvalue weighted by Gasteiger charge is 2.03. The molecule has 0 fully saturated rings. The summed E-state index contributed by atoms with van der Waals surface area (Å²) in [5, 5.41) is 8.32. The Morgan fingerprint density at radius 1 is 1.46 bits per heavy atom. The summed E-state index contributed by atoms with van der Waals surface area (Å²) in [5.74, 6) is 1.19. The number of halogens is 1. The molecule has 13 heavy (non-hydrogen) atoms. The normalized spacial score (nSPS) is 9.00. The number of nitriles is 1. The molecule has 0 N–H and O–H groups in total. The molecule has 3 nitrogen and oxygen atoms in total. The fraction of sp³-hybridized carbons (Fsp3) is 0.222. The Balaban J connectivity index is 2.87. The maximum atomic E-state index is 8.32. The van der Waals surface area contributed by atoms with Crippen LogP contribution in [-0.2, 0) is 0 Å². The van der Waals surface area contributed by atoms with Crippen molar-refractivity contribution in [1.29, 1.82) is 5.26 Å². The van der Waals surface area contributed by atoms with Crippen molar-refractivity contribution in [2.45, 2.75) is 0 Å². The van der Waals surface area contributed by atoms with Gasteiger partial charge in [0.15, 0.2) is 18.1 Å². The van der Waals surface area contributed by atoms with E-state index in [1.165, 1.54) is 0 Å². The van der Waals surface area contributed by atoms with Gasteiger partial charge in [0.05, 0.1) is 7.11 Å². The molecule has 0 aliphatic carbocycles. The second-order valence-electron chi connectivity index (χ2n) is 2.24. The molecule has 0 saturated heterocycles. The van der Waals surface area contributed by atoms with Gasteiger partial charge in [0, 0.05) is 4.47 Å². The van der Waals surface area contributed by atoms with Crippen LogP contribution in [0.2, 0.25) is 0 Å². The first-order valence-electron chi connectivity index (χ1n) is 3.61. The van der Waals surface area contributed by atoms with E-state index < -0.39 is 0 Å². The monoisotopic (exact) mass is 241 g/mol. The first kappa shape index (κ1) is 9.87. The van der Waals surface area contributed by atoms with Crippen molar-refractivity contribution in [3.05, 3.63) is 22.7 Å². The van der Waals surface area contributed by atoms with Crippen LogP contribution < -0.4 is 9.47 Å². The number of ether oxygens (including phenoxy) is 2. The van der Waals surface area contributed by atoms with Crippen LogP contribution in [0, 0.1) is 11.3 Å². The zero-order chi connectivity index (χ0) is 9.68. The van der Waals surface area contributed by atoms with Gasteiger partial charge in [0.2, 0.25) is 0 Å². The minimum atomic E-state index is 0.0258. The van der Waals surface area contributed by atoms with Gasteiger partial charge in [-0.05, 0) is 18.2 Å². The third-order valence-electron chi connectivity index (χ3n) is 1.42. The van der Waals surface area contributed by atoms with Crippen molar-refractivity contribution in [3.8, 4) is 17.6 Å². The average Bonchev–Trinajstić information content (AvgIpc) is 2.16. The van der Waals surface area contributed by atoms with E-state index in [9.17, 15) is 0 Å². The molecule has 0 aliphatic heterocycles. The standard InChI is InChI=1S/C9H8BrNO2/c1-12-9-6-7(10)2-3-8(9)13-5-4-11/h2-3,6H,5H2,1H3. The quantitative estimate of drug-likeness (QED) is 0.816. The smallest absolute Gasteiger partial charge is 0.174 e. The molecule has 0 atom stereocenters. The maximum absolute atomic E-state index is 8.32. The number of methoxy groups -OCH3 is 1. The van der Waals surface area contributed by atoms with Gasteiger partial charge < -0.3 is 9.47 Å². The van der Waals surface area contributed by atoms with Gasteiger partial charge in [0.25, 0.3) is 0 Å². The lowest BCUT2D eigenvalue weighted by atomic mass is 10.3. The summed E-state index contributed by atoms with van der Waals surface area (Å²) >= 11 is 3.30. The molecule has 0 bridgehead atoms. The van der Waals surface area contributed by atoms with Gasteiger partial charge in [-0.3, -0.25) is 0 Å². The van der Waals surface area contributed by atoms with Gasteiger partial charge >= 0.3 is 0 Å². The van der Waals surface area contributed by atoms with Gasteiger partial charge in [-0.25, -0.2) is 0 Å². The van der Waals surface area contributed by atoms with Crippen molar-refractivity contribution in [1.82, 2.24) is 0 Å². The van der Waals surface area contributed by atoms with Crippen LogP contribution >= 0.6 is 15.9 Å². The van der Waals surface area contributed by atoms with Crippen LogP contribution in [0.15, 0.2) is 22.7 Å². The van der Waals surface area contributed by atoms with Crippen molar-refractivity contribution in [2.24, 2.45) is 0 Å². The summed E-state index contributed by atoms with van der Waals surface area (Å²) in [5.41, 5.74) is 0. The second-order valence-corrected chi connectivity index (χ2v) is 3.16. The predicted octanol–water partition coefficient (Wildman–Crippen LogP) is 2.36. The number of nitrogens with zero attached hydrogens (tertiary/aromatic N) is 1. The Kier molecular flexibility index (Phi) is 3.59. The van der Waals surface area contributed by atoms with Gasteiger partial charge in [-0.15, -0.1) is 0 Å². The Bertz CT molecular complexity index is 333. The largest absolute Gasteiger partial charge is 0.493 e. The molecule has 0 spiro atoms. The lowest BCUT2D eigenvalue weighted by Gasteiger charge is -2.07. The van der Waals surface area contributed by atoms with Gasteiger partial charge in [-0.1, -0.05) is 15.9 Å². The summed E-state index contributed by atoms with van der Waals surface area (Å²) in [7, 11) is 1.56. The van der Waals surface area contributed by atoms with E-state index in [4.69, 9.17) is 14.7 Å². The molecule has 0 radical (unpaired) electrons. The predicted molar refractivity (Wildman–Crippen MR) is 51.8 cm³/mol. The molecule has 0 saturated carbocycles.